The van der Waals surface area contributed by atoms with Crippen molar-refractivity contribution in [1.29, 1.82) is 0 Å². The molecule has 1 aromatic carbocycles. The Balaban J connectivity index is 2.64. The summed E-state index contributed by atoms with van der Waals surface area (Å²) in [5, 5.41) is 15.9. The Hall–Kier alpha value is -3.43. The van der Waals surface area contributed by atoms with Crippen molar-refractivity contribution >= 4 is 23.5 Å². The zero-order chi connectivity index (χ0) is 19.4. The maximum atomic E-state index is 12.4. The number of nitro benzene ring substituents is 1. The summed E-state index contributed by atoms with van der Waals surface area (Å²) < 4.78 is 5.00. The molecule has 2 amide bonds. The highest BCUT2D eigenvalue weighted by atomic mass is 16.6. The third-order valence-corrected chi connectivity index (χ3v) is 3.77. The van der Waals surface area contributed by atoms with Crippen LogP contribution in [0.4, 0.5) is 5.69 Å². The molecule has 0 aliphatic carbocycles. The van der Waals surface area contributed by atoms with E-state index in [9.17, 15) is 24.5 Å². The SMILES string of the molecule is CCOC(=O)C1=C(N)NC(=O)C(NC(C)=O)C1c1cccc([N+](=O)[O-])c1. The van der Waals surface area contributed by atoms with Gasteiger partial charge in [-0.15, -0.1) is 0 Å². The van der Waals surface area contributed by atoms with Gasteiger partial charge in [-0.05, 0) is 12.5 Å². The molecule has 26 heavy (non-hydrogen) atoms. The minimum absolute atomic E-state index is 0.0655. The molecule has 2 rings (SSSR count). The first-order chi connectivity index (χ1) is 12.3. The van der Waals surface area contributed by atoms with E-state index in [1.807, 2.05) is 0 Å². The van der Waals surface area contributed by atoms with Crippen LogP contribution in [0.1, 0.15) is 25.3 Å². The Bertz CT molecular complexity index is 804. The van der Waals surface area contributed by atoms with Gasteiger partial charge in [0.15, 0.2) is 0 Å². The van der Waals surface area contributed by atoms with E-state index in [-0.39, 0.29) is 29.3 Å². The number of ether oxygens (including phenoxy) is 1. The Morgan fingerprint density at radius 2 is 2.12 bits per heavy atom. The number of non-ortho nitro benzene ring substituents is 1. The van der Waals surface area contributed by atoms with E-state index in [0.717, 1.165) is 0 Å². The number of carbonyl (C=O) groups excluding carboxylic acids is 3. The topological polar surface area (TPSA) is 154 Å². The van der Waals surface area contributed by atoms with E-state index >= 15 is 0 Å². The van der Waals surface area contributed by atoms with Crippen LogP contribution in [-0.4, -0.2) is 35.4 Å². The number of hydrogen-bond donors (Lipinski definition) is 3. The van der Waals surface area contributed by atoms with Gasteiger partial charge in [-0.2, -0.15) is 0 Å². The monoisotopic (exact) mass is 362 g/mol. The molecule has 0 saturated carbocycles. The summed E-state index contributed by atoms with van der Waals surface area (Å²) in [4.78, 5) is 46.7. The second kappa shape index (κ2) is 7.64. The molecule has 1 aliphatic rings. The Labute approximate surface area is 148 Å². The van der Waals surface area contributed by atoms with Gasteiger partial charge >= 0.3 is 5.97 Å². The standard InChI is InChI=1S/C16H18N4O6/c1-3-26-16(23)12-11(9-5-4-6-10(7-9)20(24)25)13(18-8(2)21)15(22)19-14(12)17/h4-7,11,13H,3,17H2,1-2H3,(H,18,21)(H,19,22). The molecule has 1 heterocycles. The van der Waals surface area contributed by atoms with Crippen LogP contribution in [0, 0.1) is 10.1 Å². The van der Waals surface area contributed by atoms with Gasteiger partial charge in [0.25, 0.3) is 5.69 Å². The Morgan fingerprint density at radius 3 is 2.69 bits per heavy atom. The van der Waals surface area contributed by atoms with Crippen LogP contribution < -0.4 is 16.4 Å². The molecule has 1 aromatic rings. The number of esters is 1. The second-order valence-electron chi connectivity index (χ2n) is 5.55. The molecule has 0 fully saturated rings. The summed E-state index contributed by atoms with van der Waals surface area (Å²) >= 11 is 0. The smallest absolute Gasteiger partial charge is 0.338 e. The Kier molecular flexibility index (Phi) is 5.55. The minimum Gasteiger partial charge on any atom is -0.463 e. The van der Waals surface area contributed by atoms with Crippen LogP contribution in [-0.2, 0) is 19.1 Å². The van der Waals surface area contributed by atoms with Crippen LogP contribution >= 0.6 is 0 Å². The van der Waals surface area contributed by atoms with Gasteiger partial charge in [0, 0.05) is 25.0 Å². The van der Waals surface area contributed by atoms with Crippen LogP contribution in [0.5, 0.6) is 0 Å². The largest absolute Gasteiger partial charge is 0.463 e. The van der Waals surface area contributed by atoms with Crippen molar-refractivity contribution in [2.45, 2.75) is 25.8 Å². The fraction of sp³-hybridized carbons (Fsp3) is 0.312. The third-order valence-electron chi connectivity index (χ3n) is 3.77. The number of amides is 2. The first kappa shape index (κ1) is 18.9. The van der Waals surface area contributed by atoms with Crippen LogP contribution in [0.15, 0.2) is 35.7 Å². The third kappa shape index (κ3) is 3.79. The van der Waals surface area contributed by atoms with Crippen molar-refractivity contribution < 1.29 is 24.0 Å². The second-order valence-corrected chi connectivity index (χ2v) is 5.55. The lowest BCUT2D eigenvalue weighted by atomic mass is 9.81. The van der Waals surface area contributed by atoms with Crippen LogP contribution in [0.25, 0.3) is 0 Å². The molecule has 0 bridgehead atoms. The minimum atomic E-state index is -1.18. The summed E-state index contributed by atoms with van der Waals surface area (Å²) in [6.07, 6.45) is 0. The van der Waals surface area contributed by atoms with Crippen molar-refractivity contribution in [2.75, 3.05) is 6.61 Å². The van der Waals surface area contributed by atoms with E-state index in [2.05, 4.69) is 10.6 Å². The van der Waals surface area contributed by atoms with E-state index in [0.29, 0.717) is 0 Å². The van der Waals surface area contributed by atoms with Gasteiger partial charge in [-0.25, -0.2) is 4.79 Å². The van der Waals surface area contributed by atoms with Gasteiger partial charge in [-0.3, -0.25) is 19.7 Å². The van der Waals surface area contributed by atoms with Crippen molar-refractivity contribution in [3.63, 3.8) is 0 Å². The van der Waals surface area contributed by atoms with Crippen molar-refractivity contribution in [1.82, 2.24) is 10.6 Å². The lowest BCUT2D eigenvalue weighted by Crippen LogP contribution is -2.55. The van der Waals surface area contributed by atoms with Gasteiger partial charge < -0.3 is 21.1 Å². The molecule has 0 spiro atoms. The molecular formula is C16H18N4O6. The van der Waals surface area contributed by atoms with Crippen LogP contribution in [0.2, 0.25) is 0 Å². The van der Waals surface area contributed by atoms with Crippen molar-refractivity contribution in [2.24, 2.45) is 5.73 Å². The average molecular weight is 362 g/mol. The summed E-state index contributed by atoms with van der Waals surface area (Å²) in [5.41, 5.74) is 5.79. The molecule has 0 aromatic heterocycles. The molecule has 0 radical (unpaired) electrons. The van der Waals surface area contributed by atoms with Crippen molar-refractivity contribution in [3.05, 3.63) is 51.3 Å². The Morgan fingerprint density at radius 1 is 1.42 bits per heavy atom. The fourth-order valence-electron chi connectivity index (χ4n) is 2.77. The van der Waals surface area contributed by atoms with Gasteiger partial charge in [0.1, 0.15) is 11.9 Å². The van der Waals surface area contributed by atoms with Gasteiger partial charge in [-0.1, -0.05) is 12.1 Å². The molecule has 1 aliphatic heterocycles. The lowest BCUT2D eigenvalue weighted by Gasteiger charge is -2.33. The summed E-state index contributed by atoms with van der Waals surface area (Å²) in [6, 6.07) is 4.25. The zero-order valence-electron chi connectivity index (χ0n) is 14.1. The number of nitro groups is 1. The van der Waals surface area contributed by atoms with Gasteiger partial charge in [0.2, 0.25) is 11.8 Å². The fourth-order valence-corrected chi connectivity index (χ4v) is 2.77. The summed E-state index contributed by atoms with van der Waals surface area (Å²) in [6.45, 7) is 2.88. The number of nitrogens with one attached hydrogen (secondary N) is 2. The van der Waals surface area contributed by atoms with Crippen LogP contribution in [0.3, 0.4) is 0 Å². The van der Waals surface area contributed by atoms with E-state index in [4.69, 9.17) is 10.5 Å². The molecule has 0 saturated heterocycles. The molecule has 2 atom stereocenters. The number of nitrogens with two attached hydrogens (primary N) is 1. The molecule has 138 valence electrons. The lowest BCUT2D eigenvalue weighted by molar-refractivity contribution is -0.384. The number of rotatable bonds is 5. The maximum absolute atomic E-state index is 12.4. The number of hydrogen-bond acceptors (Lipinski definition) is 7. The van der Waals surface area contributed by atoms with E-state index in [1.54, 1.807) is 6.92 Å². The highest BCUT2D eigenvalue weighted by molar-refractivity contribution is 5.99. The first-order valence-electron chi connectivity index (χ1n) is 7.75. The molecule has 10 nitrogen and oxygen atoms in total. The molecule has 10 heteroatoms. The van der Waals surface area contributed by atoms with Crippen molar-refractivity contribution in [3.8, 4) is 0 Å². The predicted octanol–water partition coefficient (Wildman–Crippen LogP) is 0.0463. The number of nitrogens with zero attached hydrogens (tertiary/aromatic N) is 1. The van der Waals surface area contributed by atoms with E-state index < -0.39 is 34.7 Å². The quantitative estimate of drug-likeness (QED) is 0.380. The summed E-state index contributed by atoms with van der Waals surface area (Å²) in [7, 11) is 0. The van der Waals surface area contributed by atoms with E-state index in [1.165, 1.54) is 31.2 Å². The highest BCUT2D eigenvalue weighted by Gasteiger charge is 2.42. The number of carbonyl (C=O) groups is 3. The predicted molar refractivity (Wildman–Crippen MR) is 89.4 cm³/mol. The molecular weight excluding hydrogens is 344 g/mol. The first-order valence-corrected chi connectivity index (χ1v) is 7.75. The molecule has 2 unspecified atom stereocenters. The maximum Gasteiger partial charge on any atom is 0.338 e. The number of benzene rings is 1. The average Bonchev–Trinajstić information content (AvgIpc) is 2.56. The zero-order valence-corrected chi connectivity index (χ0v) is 14.1. The normalized spacial score (nSPS) is 19.5. The molecule has 4 N–H and O–H groups in total. The highest BCUT2D eigenvalue weighted by Crippen LogP contribution is 2.34. The van der Waals surface area contributed by atoms with Gasteiger partial charge in [0.05, 0.1) is 17.1 Å². The summed E-state index contributed by atoms with van der Waals surface area (Å²) in [5.74, 6) is -3.18.